The van der Waals surface area contributed by atoms with Crippen LogP contribution in [-0.2, 0) is 11.3 Å². The van der Waals surface area contributed by atoms with Crippen LogP contribution in [-0.4, -0.2) is 22.5 Å². The minimum atomic E-state index is -0.245. The van der Waals surface area contributed by atoms with Gasteiger partial charge in [0.25, 0.3) is 0 Å². The average molecular weight is 314 g/mol. The molecule has 4 nitrogen and oxygen atoms in total. The van der Waals surface area contributed by atoms with Crippen molar-refractivity contribution in [3.63, 3.8) is 0 Å². The summed E-state index contributed by atoms with van der Waals surface area (Å²) in [6.07, 6.45) is 0. The van der Waals surface area contributed by atoms with Gasteiger partial charge in [0.1, 0.15) is 4.60 Å². The second kappa shape index (κ2) is 6.29. The molecule has 1 atom stereocenters. The monoisotopic (exact) mass is 313 g/mol. The Bertz CT molecular complexity index is 415. The molecular formula is C13H20BrN3O. The van der Waals surface area contributed by atoms with Gasteiger partial charge >= 0.3 is 0 Å². The molecule has 1 aromatic rings. The van der Waals surface area contributed by atoms with Crippen LogP contribution in [0.1, 0.15) is 33.4 Å². The van der Waals surface area contributed by atoms with Crippen LogP contribution >= 0.6 is 15.9 Å². The molecular weight excluding hydrogens is 294 g/mol. The van der Waals surface area contributed by atoms with E-state index in [0.29, 0.717) is 6.54 Å². The molecule has 1 rings (SSSR count). The molecule has 0 bridgehead atoms. The van der Waals surface area contributed by atoms with Crippen molar-refractivity contribution < 1.29 is 4.79 Å². The number of pyridine rings is 1. The fraction of sp³-hybridized carbons (Fsp3) is 0.538. The molecule has 2 N–H and O–H groups in total. The molecule has 0 aromatic carbocycles. The molecule has 100 valence electrons. The Labute approximate surface area is 117 Å². The Morgan fingerprint density at radius 1 is 1.44 bits per heavy atom. The first-order chi connectivity index (χ1) is 8.28. The maximum Gasteiger partial charge on any atom is 0.237 e. The zero-order chi connectivity index (χ0) is 13.8. The number of halogens is 1. The van der Waals surface area contributed by atoms with E-state index in [-0.39, 0.29) is 17.5 Å². The molecule has 1 unspecified atom stereocenters. The molecule has 0 fully saturated rings. The zero-order valence-corrected chi connectivity index (χ0v) is 12.8. The van der Waals surface area contributed by atoms with Crippen LogP contribution in [0.4, 0.5) is 0 Å². The number of aromatic nitrogens is 1. The lowest BCUT2D eigenvalue weighted by Crippen LogP contribution is -2.49. The Balaban J connectivity index is 2.46. The third-order valence-electron chi connectivity index (χ3n) is 2.25. The van der Waals surface area contributed by atoms with Gasteiger partial charge in [0.15, 0.2) is 0 Å². The van der Waals surface area contributed by atoms with Crippen LogP contribution in [0.15, 0.2) is 22.8 Å². The van der Waals surface area contributed by atoms with E-state index in [9.17, 15) is 4.79 Å². The third kappa shape index (κ3) is 5.60. The molecule has 1 aromatic heterocycles. The van der Waals surface area contributed by atoms with Gasteiger partial charge in [0.05, 0.1) is 11.7 Å². The fourth-order valence-corrected chi connectivity index (χ4v) is 1.76. The van der Waals surface area contributed by atoms with Crippen molar-refractivity contribution in [2.24, 2.45) is 0 Å². The van der Waals surface area contributed by atoms with Crippen LogP contribution in [0.3, 0.4) is 0 Å². The minimum Gasteiger partial charge on any atom is -0.350 e. The quantitative estimate of drug-likeness (QED) is 0.838. The zero-order valence-electron chi connectivity index (χ0n) is 11.2. The first-order valence-electron chi connectivity index (χ1n) is 5.95. The number of nitrogens with zero attached hydrogens (tertiary/aromatic N) is 1. The predicted octanol–water partition coefficient (Wildman–Crippen LogP) is 2.24. The molecule has 0 aliphatic carbocycles. The van der Waals surface area contributed by atoms with Crippen LogP contribution in [0, 0.1) is 0 Å². The van der Waals surface area contributed by atoms with Crippen molar-refractivity contribution in [1.82, 2.24) is 15.6 Å². The summed E-state index contributed by atoms with van der Waals surface area (Å²) >= 11 is 3.32. The SMILES string of the molecule is CC(NCc1cccc(Br)n1)C(=O)NC(C)(C)C. The van der Waals surface area contributed by atoms with E-state index in [4.69, 9.17) is 0 Å². The maximum atomic E-state index is 11.8. The fourth-order valence-electron chi connectivity index (χ4n) is 1.38. The second-order valence-electron chi connectivity index (χ2n) is 5.29. The third-order valence-corrected chi connectivity index (χ3v) is 2.70. The molecule has 0 spiro atoms. The lowest BCUT2D eigenvalue weighted by atomic mass is 10.1. The van der Waals surface area contributed by atoms with Crippen molar-refractivity contribution in [2.45, 2.75) is 45.8 Å². The Hall–Kier alpha value is -0.940. The van der Waals surface area contributed by atoms with Crippen molar-refractivity contribution >= 4 is 21.8 Å². The average Bonchev–Trinajstić information content (AvgIpc) is 2.23. The highest BCUT2D eigenvalue weighted by atomic mass is 79.9. The molecule has 18 heavy (non-hydrogen) atoms. The number of rotatable bonds is 4. The van der Waals surface area contributed by atoms with Crippen molar-refractivity contribution in [3.8, 4) is 0 Å². The van der Waals surface area contributed by atoms with Gasteiger partial charge in [0, 0.05) is 12.1 Å². The summed E-state index contributed by atoms with van der Waals surface area (Å²) in [4.78, 5) is 16.1. The molecule has 5 heteroatoms. The van der Waals surface area contributed by atoms with E-state index in [1.807, 2.05) is 45.9 Å². The van der Waals surface area contributed by atoms with Gasteiger partial charge in [-0.2, -0.15) is 0 Å². The number of amides is 1. The van der Waals surface area contributed by atoms with E-state index in [1.165, 1.54) is 0 Å². The number of carbonyl (C=O) groups is 1. The largest absolute Gasteiger partial charge is 0.350 e. The van der Waals surface area contributed by atoms with Crippen molar-refractivity contribution in [3.05, 3.63) is 28.5 Å². The Kier molecular flexibility index (Phi) is 5.28. The highest BCUT2D eigenvalue weighted by molar-refractivity contribution is 9.10. The van der Waals surface area contributed by atoms with Crippen molar-refractivity contribution in [2.75, 3.05) is 0 Å². The van der Waals surface area contributed by atoms with E-state index in [1.54, 1.807) is 0 Å². The minimum absolute atomic E-state index is 0.00232. The summed E-state index contributed by atoms with van der Waals surface area (Å²) in [5.41, 5.74) is 0.695. The van der Waals surface area contributed by atoms with Crippen LogP contribution < -0.4 is 10.6 Å². The van der Waals surface area contributed by atoms with Gasteiger partial charge in [-0.15, -0.1) is 0 Å². The Morgan fingerprint density at radius 3 is 2.67 bits per heavy atom. The Morgan fingerprint density at radius 2 is 2.11 bits per heavy atom. The summed E-state index contributed by atoms with van der Waals surface area (Å²) in [6.45, 7) is 8.31. The second-order valence-corrected chi connectivity index (χ2v) is 6.11. The molecule has 0 aliphatic heterocycles. The van der Waals surface area contributed by atoms with E-state index >= 15 is 0 Å². The van der Waals surface area contributed by atoms with E-state index < -0.39 is 0 Å². The summed E-state index contributed by atoms with van der Waals surface area (Å²) in [6, 6.07) is 5.48. The summed E-state index contributed by atoms with van der Waals surface area (Å²) in [7, 11) is 0. The van der Waals surface area contributed by atoms with E-state index in [2.05, 4.69) is 31.5 Å². The molecule has 1 amide bonds. The van der Waals surface area contributed by atoms with Gasteiger partial charge in [-0.3, -0.25) is 4.79 Å². The number of carbonyl (C=O) groups excluding carboxylic acids is 1. The molecule has 0 aliphatic rings. The topological polar surface area (TPSA) is 54.0 Å². The highest BCUT2D eigenvalue weighted by Gasteiger charge is 2.18. The normalized spacial score (nSPS) is 13.2. The summed E-state index contributed by atoms with van der Waals surface area (Å²) < 4.78 is 0.800. The molecule has 0 saturated carbocycles. The summed E-state index contributed by atoms with van der Waals surface area (Å²) in [5, 5.41) is 6.09. The van der Waals surface area contributed by atoms with Gasteiger partial charge < -0.3 is 10.6 Å². The van der Waals surface area contributed by atoms with Gasteiger partial charge in [-0.1, -0.05) is 6.07 Å². The number of hydrogen-bond donors (Lipinski definition) is 2. The van der Waals surface area contributed by atoms with Crippen molar-refractivity contribution in [1.29, 1.82) is 0 Å². The lowest BCUT2D eigenvalue weighted by Gasteiger charge is -2.23. The summed E-state index contributed by atoms with van der Waals surface area (Å²) in [5.74, 6) is -0.00232. The van der Waals surface area contributed by atoms with Crippen LogP contribution in [0.5, 0.6) is 0 Å². The lowest BCUT2D eigenvalue weighted by molar-refractivity contribution is -0.124. The first-order valence-corrected chi connectivity index (χ1v) is 6.74. The molecule has 1 heterocycles. The van der Waals surface area contributed by atoms with Gasteiger partial charge in [-0.05, 0) is 55.8 Å². The van der Waals surface area contributed by atoms with Crippen LogP contribution in [0.25, 0.3) is 0 Å². The smallest absolute Gasteiger partial charge is 0.237 e. The first kappa shape index (κ1) is 15.1. The number of nitrogens with one attached hydrogen (secondary N) is 2. The number of hydrogen-bond acceptors (Lipinski definition) is 3. The van der Waals surface area contributed by atoms with Gasteiger partial charge in [-0.25, -0.2) is 4.98 Å². The van der Waals surface area contributed by atoms with Crippen LogP contribution in [0.2, 0.25) is 0 Å². The van der Waals surface area contributed by atoms with E-state index in [0.717, 1.165) is 10.3 Å². The highest BCUT2D eigenvalue weighted by Crippen LogP contribution is 2.06. The molecule has 0 radical (unpaired) electrons. The standard InChI is InChI=1S/C13H20BrN3O/c1-9(12(18)17-13(2,3)4)15-8-10-6-5-7-11(14)16-10/h5-7,9,15H,8H2,1-4H3,(H,17,18). The predicted molar refractivity (Wildman–Crippen MR) is 76.1 cm³/mol. The van der Waals surface area contributed by atoms with Gasteiger partial charge in [0.2, 0.25) is 5.91 Å². The maximum absolute atomic E-state index is 11.8. The molecule has 0 saturated heterocycles.